The lowest BCUT2D eigenvalue weighted by molar-refractivity contribution is 0.0946. The summed E-state index contributed by atoms with van der Waals surface area (Å²) in [6, 6.07) is 13.5. The number of fused-ring (bicyclic) bond motifs is 1. The number of nitrogens with one attached hydrogen (secondary N) is 1. The molecule has 1 amide bonds. The first kappa shape index (κ1) is 17.8. The SMILES string of the molecule is COc1ccc(Cn2cc(C(=O)NCCO)c3ccc(OC)cc32)cc1. The zero-order valence-corrected chi connectivity index (χ0v) is 14.9. The Labute approximate surface area is 152 Å². The molecule has 0 saturated heterocycles. The van der Waals surface area contributed by atoms with Crippen LogP contribution in [0.2, 0.25) is 0 Å². The van der Waals surface area contributed by atoms with Gasteiger partial charge in [0, 0.05) is 30.7 Å². The van der Waals surface area contributed by atoms with E-state index in [2.05, 4.69) is 5.32 Å². The van der Waals surface area contributed by atoms with Crippen LogP contribution in [0.15, 0.2) is 48.7 Å². The van der Waals surface area contributed by atoms with E-state index in [4.69, 9.17) is 14.6 Å². The molecule has 2 N–H and O–H groups in total. The van der Waals surface area contributed by atoms with Crippen LogP contribution in [0.1, 0.15) is 15.9 Å². The van der Waals surface area contributed by atoms with Gasteiger partial charge in [0.1, 0.15) is 11.5 Å². The smallest absolute Gasteiger partial charge is 0.253 e. The van der Waals surface area contributed by atoms with Crippen molar-refractivity contribution in [2.75, 3.05) is 27.4 Å². The minimum absolute atomic E-state index is 0.0932. The fourth-order valence-corrected chi connectivity index (χ4v) is 2.90. The number of amides is 1. The van der Waals surface area contributed by atoms with E-state index in [0.717, 1.165) is 28.0 Å². The van der Waals surface area contributed by atoms with Crippen molar-refractivity contribution in [2.24, 2.45) is 0 Å². The number of ether oxygens (including phenoxy) is 2. The number of aliphatic hydroxyl groups is 1. The van der Waals surface area contributed by atoms with Crippen LogP contribution in [0, 0.1) is 0 Å². The van der Waals surface area contributed by atoms with Gasteiger partial charge in [0.15, 0.2) is 0 Å². The van der Waals surface area contributed by atoms with E-state index in [1.165, 1.54) is 0 Å². The fraction of sp³-hybridized carbons (Fsp3) is 0.250. The van der Waals surface area contributed by atoms with Crippen molar-refractivity contribution in [3.05, 3.63) is 59.8 Å². The molecule has 0 spiro atoms. The quantitative estimate of drug-likeness (QED) is 0.683. The number of hydrogen-bond acceptors (Lipinski definition) is 4. The van der Waals surface area contributed by atoms with Crippen LogP contribution in [-0.2, 0) is 6.54 Å². The summed E-state index contributed by atoms with van der Waals surface area (Å²) in [5, 5.41) is 12.5. The highest BCUT2D eigenvalue weighted by Gasteiger charge is 2.15. The standard InChI is InChI=1S/C20H22N2O4/c1-25-15-5-3-14(4-6-15)12-22-13-18(20(24)21-9-10-23)17-8-7-16(26-2)11-19(17)22/h3-8,11,13,23H,9-10,12H2,1-2H3,(H,21,24). The number of carbonyl (C=O) groups excluding carboxylic acids is 1. The Kier molecular flexibility index (Phi) is 5.43. The Hall–Kier alpha value is -2.99. The first-order valence-corrected chi connectivity index (χ1v) is 8.35. The molecule has 0 radical (unpaired) electrons. The first-order valence-electron chi connectivity index (χ1n) is 8.35. The predicted octanol–water partition coefficient (Wildman–Crippen LogP) is 2.43. The summed E-state index contributed by atoms with van der Waals surface area (Å²) < 4.78 is 12.5. The number of carbonyl (C=O) groups is 1. The second kappa shape index (κ2) is 7.93. The molecule has 3 aromatic rings. The van der Waals surface area contributed by atoms with Crippen molar-refractivity contribution in [1.82, 2.24) is 9.88 Å². The Balaban J connectivity index is 2.00. The molecule has 0 aliphatic carbocycles. The molecule has 6 heteroatoms. The van der Waals surface area contributed by atoms with Crippen molar-refractivity contribution in [2.45, 2.75) is 6.54 Å². The number of rotatable bonds is 7. The highest BCUT2D eigenvalue weighted by atomic mass is 16.5. The maximum atomic E-state index is 12.4. The van der Waals surface area contributed by atoms with Crippen LogP contribution in [0.4, 0.5) is 0 Å². The molecule has 136 valence electrons. The van der Waals surface area contributed by atoms with Crippen molar-refractivity contribution in [3.8, 4) is 11.5 Å². The minimum Gasteiger partial charge on any atom is -0.497 e. The van der Waals surface area contributed by atoms with E-state index in [9.17, 15) is 4.79 Å². The molecule has 0 aliphatic rings. The summed E-state index contributed by atoms with van der Waals surface area (Å²) in [7, 11) is 3.25. The second-order valence-corrected chi connectivity index (χ2v) is 5.88. The topological polar surface area (TPSA) is 72.7 Å². The maximum absolute atomic E-state index is 12.4. The lowest BCUT2D eigenvalue weighted by Crippen LogP contribution is -2.26. The van der Waals surface area contributed by atoms with Crippen LogP contribution >= 0.6 is 0 Å². The molecular weight excluding hydrogens is 332 g/mol. The zero-order valence-electron chi connectivity index (χ0n) is 14.9. The van der Waals surface area contributed by atoms with Gasteiger partial charge in [0.05, 0.1) is 31.9 Å². The zero-order chi connectivity index (χ0) is 18.5. The summed E-state index contributed by atoms with van der Waals surface area (Å²) >= 11 is 0. The number of methoxy groups -OCH3 is 2. The summed E-state index contributed by atoms with van der Waals surface area (Å²) in [5.41, 5.74) is 2.58. The van der Waals surface area contributed by atoms with E-state index in [1.54, 1.807) is 14.2 Å². The molecule has 0 aliphatic heterocycles. The highest BCUT2D eigenvalue weighted by molar-refractivity contribution is 6.07. The number of nitrogens with zero attached hydrogens (tertiary/aromatic N) is 1. The van der Waals surface area contributed by atoms with Gasteiger partial charge in [0.2, 0.25) is 0 Å². The molecule has 0 fully saturated rings. The van der Waals surface area contributed by atoms with Gasteiger partial charge in [0.25, 0.3) is 5.91 Å². The molecular formula is C20H22N2O4. The summed E-state index contributed by atoms with van der Waals surface area (Å²) in [6.45, 7) is 0.741. The highest BCUT2D eigenvalue weighted by Crippen LogP contribution is 2.27. The van der Waals surface area contributed by atoms with E-state index in [0.29, 0.717) is 12.1 Å². The van der Waals surface area contributed by atoms with Gasteiger partial charge < -0.3 is 24.5 Å². The van der Waals surface area contributed by atoms with E-state index < -0.39 is 0 Å². The molecule has 1 heterocycles. The third kappa shape index (κ3) is 3.65. The van der Waals surface area contributed by atoms with Gasteiger partial charge >= 0.3 is 0 Å². The molecule has 0 unspecified atom stereocenters. The van der Waals surface area contributed by atoms with Crippen LogP contribution < -0.4 is 14.8 Å². The fourth-order valence-electron chi connectivity index (χ4n) is 2.90. The number of aromatic nitrogens is 1. The molecule has 1 aromatic heterocycles. The third-order valence-electron chi connectivity index (χ3n) is 4.24. The average molecular weight is 354 g/mol. The molecule has 2 aromatic carbocycles. The summed E-state index contributed by atoms with van der Waals surface area (Å²) in [5.74, 6) is 1.33. The molecule has 0 saturated carbocycles. The summed E-state index contributed by atoms with van der Waals surface area (Å²) in [4.78, 5) is 12.4. The first-order chi connectivity index (χ1) is 12.7. The van der Waals surface area contributed by atoms with Crippen molar-refractivity contribution in [3.63, 3.8) is 0 Å². The largest absolute Gasteiger partial charge is 0.497 e. The van der Waals surface area contributed by atoms with Crippen molar-refractivity contribution < 1.29 is 19.4 Å². The van der Waals surface area contributed by atoms with Crippen LogP contribution in [0.3, 0.4) is 0 Å². The molecule has 0 atom stereocenters. The Morgan fingerprint density at radius 3 is 2.42 bits per heavy atom. The number of aliphatic hydroxyl groups excluding tert-OH is 1. The normalized spacial score (nSPS) is 10.7. The van der Waals surface area contributed by atoms with Gasteiger partial charge in [-0.2, -0.15) is 0 Å². The Bertz CT molecular complexity index is 900. The third-order valence-corrected chi connectivity index (χ3v) is 4.24. The van der Waals surface area contributed by atoms with Crippen LogP contribution in [-0.4, -0.2) is 43.0 Å². The molecule has 3 rings (SSSR count). The van der Waals surface area contributed by atoms with Gasteiger partial charge in [-0.3, -0.25) is 4.79 Å². The van der Waals surface area contributed by atoms with Crippen molar-refractivity contribution >= 4 is 16.8 Å². The van der Waals surface area contributed by atoms with E-state index >= 15 is 0 Å². The van der Waals surface area contributed by atoms with Gasteiger partial charge in [-0.15, -0.1) is 0 Å². The van der Waals surface area contributed by atoms with Crippen molar-refractivity contribution in [1.29, 1.82) is 0 Å². The Morgan fingerprint density at radius 2 is 1.77 bits per heavy atom. The summed E-state index contributed by atoms with van der Waals surface area (Å²) in [6.07, 6.45) is 1.83. The predicted molar refractivity (Wildman–Crippen MR) is 100 cm³/mol. The average Bonchev–Trinajstić information content (AvgIpc) is 3.04. The monoisotopic (exact) mass is 354 g/mol. The molecule has 0 bridgehead atoms. The van der Waals surface area contributed by atoms with E-state index in [-0.39, 0.29) is 19.1 Å². The lowest BCUT2D eigenvalue weighted by Gasteiger charge is -2.08. The number of benzene rings is 2. The molecule has 26 heavy (non-hydrogen) atoms. The lowest BCUT2D eigenvalue weighted by atomic mass is 10.1. The van der Waals surface area contributed by atoms with Gasteiger partial charge in [-0.1, -0.05) is 12.1 Å². The number of hydrogen-bond donors (Lipinski definition) is 2. The second-order valence-electron chi connectivity index (χ2n) is 5.88. The van der Waals surface area contributed by atoms with E-state index in [1.807, 2.05) is 53.2 Å². The van der Waals surface area contributed by atoms with Gasteiger partial charge in [-0.05, 0) is 29.8 Å². The minimum atomic E-state index is -0.206. The molecule has 6 nitrogen and oxygen atoms in total. The van der Waals surface area contributed by atoms with Gasteiger partial charge in [-0.25, -0.2) is 0 Å². The Morgan fingerprint density at radius 1 is 1.08 bits per heavy atom. The maximum Gasteiger partial charge on any atom is 0.253 e. The van der Waals surface area contributed by atoms with Crippen LogP contribution in [0.5, 0.6) is 11.5 Å². The van der Waals surface area contributed by atoms with Crippen LogP contribution in [0.25, 0.3) is 10.9 Å².